The number of hydrogen-bond acceptors (Lipinski definition) is 0. The maximum Gasteiger partial charge on any atom is 0.00272 e. The Morgan fingerprint density at radius 1 is 1.14 bits per heavy atom. The van der Waals surface area contributed by atoms with Gasteiger partial charge in [-0.3, -0.25) is 0 Å². The van der Waals surface area contributed by atoms with Gasteiger partial charge in [-0.1, -0.05) is 37.6 Å². The molecule has 1 aliphatic rings. The van der Waals surface area contributed by atoms with Crippen LogP contribution in [-0.4, -0.2) is 0 Å². The summed E-state index contributed by atoms with van der Waals surface area (Å²) in [5, 5.41) is 0. The van der Waals surface area contributed by atoms with Crippen molar-refractivity contribution in [2.24, 2.45) is 0 Å². The average molecular weight is 186 g/mol. The lowest BCUT2D eigenvalue weighted by Crippen LogP contribution is -1.94. The minimum atomic E-state index is 0.675. The molecule has 14 heavy (non-hydrogen) atoms. The first kappa shape index (κ1) is 9.51. The van der Waals surface area contributed by atoms with Gasteiger partial charge in [0.15, 0.2) is 0 Å². The summed E-state index contributed by atoms with van der Waals surface area (Å²) >= 11 is 0. The Bertz CT molecular complexity index is 372. The van der Waals surface area contributed by atoms with Crippen molar-refractivity contribution in [2.75, 3.05) is 0 Å². The quantitative estimate of drug-likeness (QED) is 0.649. The number of aryl methyl sites for hydroxylation is 2. The van der Waals surface area contributed by atoms with Gasteiger partial charge < -0.3 is 0 Å². The maximum atomic E-state index is 2.37. The van der Waals surface area contributed by atoms with Gasteiger partial charge >= 0.3 is 0 Å². The summed E-state index contributed by atoms with van der Waals surface area (Å²) in [6.07, 6.45) is 7.18. The van der Waals surface area contributed by atoms with Crippen LogP contribution in [0.1, 0.15) is 47.9 Å². The molecule has 0 nitrogen and oxygen atoms in total. The van der Waals surface area contributed by atoms with E-state index in [4.69, 9.17) is 0 Å². The highest BCUT2D eigenvalue weighted by atomic mass is 14.2. The van der Waals surface area contributed by atoms with Crippen LogP contribution in [0.2, 0.25) is 0 Å². The molecule has 0 saturated carbocycles. The lowest BCUT2D eigenvalue weighted by atomic mass is 9.93. The predicted molar refractivity (Wildman–Crippen MR) is 62.6 cm³/mol. The zero-order valence-electron chi connectivity index (χ0n) is 9.30. The molecule has 0 radical (unpaired) electrons. The number of rotatable bonds is 2. The van der Waals surface area contributed by atoms with Crippen molar-refractivity contribution >= 4 is 6.08 Å². The molecule has 0 aromatic heterocycles. The van der Waals surface area contributed by atoms with E-state index in [9.17, 15) is 0 Å². The molecule has 0 N–H and O–H groups in total. The number of fused-ring (bicyclic) bond motifs is 1. The van der Waals surface area contributed by atoms with Crippen molar-refractivity contribution < 1.29 is 0 Å². The fourth-order valence-electron chi connectivity index (χ4n) is 2.21. The molecular weight excluding hydrogens is 168 g/mol. The van der Waals surface area contributed by atoms with E-state index >= 15 is 0 Å². The van der Waals surface area contributed by atoms with Crippen molar-refractivity contribution in [1.29, 1.82) is 0 Å². The van der Waals surface area contributed by atoms with Crippen molar-refractivity contribution in [3.8, 4) is 0 Å². The number of hydrogen-bond donors (Lipinski definition) is 0. The molecule has 1 aromatic carbocycles. The molecule has 0 amide bonds. The first-order valence-electron chi connectivity index (χ1n) is 5.51. The number of benzene rings is 1. The van der Waals surface area contributed by atoms with Crippen LogP contribution < -0.4 is 0 Å². The third kappa shape index (κ3) is 1.50. The Morgan fingerprint density at radius 3 is 2.57 bits per heavy atom. The summed E-state index contributed by atoms with van der Waals surface area (Å²) in [6, 6.07) is 4.68. The van der Waals surface area contributed by atoms with E-state index < -0.39 is 0 Å². The second-order valence-corrected chi connectivity index (χ2v) is 4.32. The lowest BCUT2D eigenvalue weighted by Gasteiger charge is -2.11. The molecule has 0 fully saturated rings. The van der Waals surface area contributed by atoms with Crippen LogP contribution in [0.4, 0.5) is 0 Å². The van der Waals surface area contributed by atoms with Crippen molar-refractivity contribution in [1.82, 2.24) is 0 Å². The van der Waals surface area contributed by atoms with Crippen molar-refractivity contribution in [3.63, 3.8) is 0 Å². The van der Waals surface area contributed by atoms with E-state index in [-0.39, 0.29) is 0 Å². The molecular formula is C14H18. The second-order valence-electron chi connectivity index (χ2n) is 4.32. The normalized spacial score (nSPS) is 18.6. The Balaban J connectivity index is 2.39. The molecule has 0 heteroatoms. The molecule has 0 spiro atoms. The van der Waals surface area contributed by atoms with Crippen LogP contribution >= 0.6 is 0 Å². The largest absolute Gasteiger partial charge is 0.0764 e. The molecule has 1 aliphatic carbocycles. The average Bonchev–Trinajstić information content (AvgIpc) is 2.51. The van der Waals surface area contributed by atoms with E-state index in [0.717, 1.165) is 0 Å². The van der Waals surface area contributed by atoms with E-state index in [1.807, 2.05) is 0 Å². The van der Waals surface area contributed by atoms with Gasteiger partial charge in [-0.05, 0) is 42.5 Å². The molecule has 2 rings (SSSR count). The van der Waals surface area contributed by atoms with Crippen LogP contribution in [0.15, 0.2) is 18.2 Å². The van der Waals surface area contributed by atoms with E-state index in [1.54, 1.807) is 0 Å². The van der Waals surface area contributed by atoms with Crippen LogP contribution in [-0.2, 0) is 0 Å². The standard InChI is InChI=1S/C14H18/c1-4-5-12-6-7-13-8-10(2)11(3)9-14(12)13/h6-9,12H,4-5H2,1-3H3. The third-order valence-corrected chi connectivity index (χ3v) is 3.21. The lowest BCUT2D eigenvalue weighted by molar-refractivity contribution is 0.725. The molecule has 0 bridgehead atoms. The molecule has 74 valence electrons. The van der Waals surface area contributed by atoms with Crippen molar-refractivity contribution in [2.45, 2.75) is 39.5 Å². The summed E-state index contributed by atoms with van der Waals surface area (Å²) in [5.41, 5.74) is 5.81. The maximum absolute atomic E-state index is 2.37. The summed E-state index contributed by atoms with van der Waals surface area (Å²) in [5.74, 6) is 0.675. The van der Waals surface area contributed by atoms with E-state index in [1.165, 1.54) is 35.1 Å². The Morgan fingerprint density at radius 2 is 1.86 bits per heavy atom. The molecule has 0 aliphatic heterocycles. The Kier molecular flexibility index (Phi) is 2.45. The molecule has 1 atom stereocenters. The fourth-order valence-corrected chi connectivity index (χ4v) is 2.21. The topological polar surface area (TPSA) is 0 Å². The highest BCUT2D eigenvalue weighted by Gasteiger charge is 2.16. The van der Waals surface area contributed by atoms with Crippen molar-refractivity contribution in [3.05, 3.63) is 40.5 Å². The highest BCUT2D eigenvalue weighted by molar-refractivity contribution is 5.64. The Hall–Kier alpha value is -1.04. The summed E-state index contributed by atoms with van der Waals surface area (Å²) in [7, 11) is 0. The fraction of sp³-hybridized carbons (Fsp3) is 0.429. The minimum absolute atomic E-state index is 0.675. The minimum Gasteiger partial charge on any atom is -0.0764 e. The SMILES string of the molecule is CCCC1C=Cc2cc(C)c(C)cc21. The molecule has 1 unspecified atom stereocenters. The first-order chi connectivity index (χ1) is 6.72. The van der Waals surface area contributed by atoms with Gasteiger partial charge in [0.05, 0.1) is 0 Å². The van der Waals surface area contributed by atoms with Gasteiger partial charge in [-0.25, -0.2) is 0 Å². The van der Waals surface area contributed by atoms with Gasteiger partial charge in [0, 0.05) is 5.92 Å². The molecule has 0 heterocycles. The number of allylic oxidation sites excluding steroid dienone is 1. The van der Waals surface area contributed by atoms with Gasteiger partial charge in [0.2, 0.25) is 0 Å². The van der Waals surface area contributed by atoms with Gasteiger partial charge in [0.25, 0.3) is 0 Å². The third-order valence-electron chi connectivity index (χ3n) is 3.21. The second kappa shape index (κ2) is 3.61. The zero-order chi connectivity index (χ0) is 10.1. The van der Waals surface area contributed by atoms with E-state index in [0.29, 0.717) is 5.92 Å². The van der Waals surface area contributed by atoms with Crippen LogP contribution in [0.5, 0.6) is 0 Å². The first-order valence-corrected chi connectivity index (χ1v) is 5.51. The molecule has 0 saturated heterocycles. The summed E-state index contributed by atoms with van der Waals surface area (Å²) < 4.78 is 0. The summed E-state index contributed by atoms with van der Waals surface area (Å²) in [6.45, 7) is 6.65. The zero-order valence-corrected chi connectivity index (χ0v) is 9.30. The Labute approximate surface area is 86.7 Å². The van der Waals surface area contributed by atoms with Gasteiger partial charge in [-0.15, -0.1) is 0 Å². The predicted octanol–water partition coefficient (Wildman–Crippen LogP) is 4.21. The van der Waals surface area contributed by atoms with E-state index in [2.05, 4.69) is 45.1 Å². The highest BCUT2D eigenvalue weighted by Crippen LogP contribution is 2.34. The van der Waals surface area contributed by atoms with Crippen LogP contribution in [0.3, 0.4) is 0 Å². The van der Waals surface area contributed by atoms with Gasteiger partial charge in [-0.2, -0.15) is 0 Å². The van der Waals surface area contributed by atoms with Crippen LogP contribution in [0, 0.1) is 13.8 Å². The van der Waals surface area contributed by atoms with Gasteiger partial charge in [0.1, 0.15) is 0 Å². The summed E-state index contributed by atoms with van der Waals surface area (Å²) in [4.78, 5) is 0. The van der Waals surface area contributed by atoms with Crippen LogP contribution in [0.25, 0.3) is 6.08 Å². The smallest absolute Gasteiger partial charge is 0.00272 e. The molecule has 1 aromatic rings. The monoisotopic (exact) mass is 186 g/mol.